The van der Waals surface area contributed by atoms with E-state index < -0.39 is 0 Å². The highest BCUT2D eigenvalue weighted by Gasteiger charge is 2.20. The largest absolute Gasteiger partial charge is 0.481 e. The molecule has 0 fully saturated rings. The molecule has 0 saturated carbocycles. The second kappa shape index (κ2) is 8.31. The fourth-order valence-corrected chi connectivity index (χ4v) is 4.24. The van der Waals surface area contributed by atoms with Crippen LogP contribution in [0.2, 0.25) is 0 Å². The average Bonchev–Trinajstić information content (AvgIpc) is 3.30. The van der Waals surface area contributed by atoms with E-state index in [1.165, 1.54) is 4.88 Å². The van der Waals surface area contributed by atoms with Crippen molar-refractivity contribution in [2.24, 2.45) is 7.05 Å². The van der Waals surface area contributed by atoms with Gasteiger partial charge in [-0.15, -0.1) is 11.3 Å². The number of carbonyl (C=O) groups excluding carboxylic acids is 1. The predicted molar refractivity (Wildman–Crippen MR) is 122 cm³/mol. The Balaban J connectivity index is 1.64. The Morgan fingerprint density at radius 3 is 2.71 bits per heavy atom. The zero-order valence-corrected chi connectivity index (χ0v) is 18.8. The average molecular weight is 438 g/mol. The molecule has 10 heteroatoms. The molecule has 9 nitrogen and oxygen atoms in total. The number of aryl methyl sites for hydroxylation is 3. The first-order chi connectivity index (χ1) is 14.9. The number of thiophene rings is 1. The first kappa shape index (κ1) is 20.7. The van der Waals surface area contributed by atoms with Gasteiger partial charge in [0.15, 0.2) is 5.82 Å². The highest BCUT2D eigenvalue weighted by molar-refractivity contribution is 7.18. The molecule has 0 saturated heterocycles. The Morgan fingerprint density at radius 1 is 1.26 bits per heavy atom. The number of rotatable bonds is 6. The van der Waals surface area contributed by atoms with Crippen LogP contribution < -0.4 is 15.0 Å². The van der Waals surface area contributed by atoms with E-state index in [0.717, 1.165) is 15.8 Å². The molecular weight excluding hydrogens is 414 g/mol. The quantitative estimate of drug-likeness (QED) is 0.495. The van der Waals surface area contributed by atoms with E-state index in [0.29, 0.717) is 28.9 Å². The number of pyridine rings is 1. The second-order valence-electron chi connectivity index (χ2n) is 7.25. The fraction of sp³-hybridized carbons (Fsp3) is 0.286. The molecule has 0 bridgehead atoms. The maximum atomic E-state index is 12.7. The lowest BCUT2D eigenvalue weighted by Gasteiger charge is -2.19. The minimum atomic E-state index is -0.176. The van der Waals surface area contributed by atoms with Gasteiger partial charge in [0.2, 0.25) is 11.8 Å². The van der Waals surface area contributed by atoms with Crippen LogP contribution >= 0.6 is 11.3 Å². The topological polar surface area (TPSA) is 98.1 Å². The number of hydrogen-bond acceptors (Lipinski definition) is 8. The van der Waals surface area contributed by atoms with Gasteiger partial charge in [-0.25, -0.2) is 19.9 Å². The van der Waals surface area contributed by atoms with Gasteiger partial charge < -0.3 is 19.5 Å². The Labute approximate surface area is 183 Å². The minimum Gasteiger partial charge on any atom is -0.481 e. The Bertz CT molecular complexity index is 1250. The van der Waals surface area contributed by atoms with Gasteiger partial charge in [-0.2, -0.15) is 0 Å². The van der Waals surface area contributed by atoms with E-state index in [1.54, 1.807) is 43.1 Å². The summed E-state index contributed by atoms with van der Waals surface area (Å²) in [6.07, 6.45) is 5.15. The molecule has 0 atom stereocenters. The number of anilines is 2. The van der Waals surface area contributed by atoms with Crippen molar-refractivity contribution in [2.45, 2.75) is 13.8 Å². The van der Waals surface area contributed by atoms with Gasteiger partial charge in [-0.1, -0.05) is 0 Å². The van der Waals surface area contributed by atoms with Crippen LogP contribution in [0.1, 0.15) is 10.4 Å². The highest BCUT2D eigenvalue weighted by atomic mass is 32.1. The summed E-state index contributed by atoms with van der Waals surface area (Å²) >= 11 is 1.62. The SMILES string of the molecule is COc1ccc(NC(=O)CN(C)c2nc(-c3cn(C)cn3)nc3sc(C)c(C)c23)cn1. The number of imidazole rings is 1. The lowest BCUT2D eigenvalue weighted by atomic mass is 10.2. The summed E-state index contributed by atoms with van der Waals surface area (Å²) in [6.45, 7) is 4.24. The van der Waals surface area contributed by atoms with Crippen molar-refractivity contribution in [1.82, 2.24) is 24.5 Å². The van der Waals surface area contributed by atoms with E-state index in [2.05, 4.69) is 29.1 Å². The molecule has 160 valence electrons. The number of likely N-dealkylation sites (N-methyl/N-ethyl adjacent to an activating group) is 1. The minimum absolute atomic E-state index is 0.119. The van der Waals surface area contributed by atoms with Gasteiger partial charge in [0.25, 0.3) is 0 Å². The highest BCUT2D eigenvalue weighted by Crippen LogP contribution is 2.36. The van der Waals surface area contributed by atoms with E-state index in [9.17, 15) is 4.79 Å². The zero-order chi connectivity index (χ0) is 22.1. The number of hydrogen-bond donors (Lipinski definition) is 1. The summed E-state index contributed by atoms with van der Waals surface area (Å²) in [5, 5.41) is 3.82. The van der Waals surface area contributed by atoms with Gasteiger partial charge in [0.1, 0.15) is 16.3 Å². The lowest BCUT2D eigenvalue weighted by molar-refractivity contribution is -0.114. The monoisotopic (exact) mass is 437 g/mol. The van der Waals surface area contributed by atoms with E-state index in [4.69, 9.17) is 14.7 Å². The van der Waals surface area contributed by atoms with Gasteiger partial charge in [-0.3, -0.25) is 4.79 Å². The van der Waals surface area contributed by atoms with Crippen LogP contribution in [-0.4, -0.2) is 51.1 Å². The maximum Gasteiger partial charge on any atom is 0.243 e. The molecule has 0 aliphatic rings. The maximum absolute atomic E-state index is 12.7. The molecule has 0 radical (unpaired) electrons. The lowest BCUT2D eigenvalue weighted by Crippen LogP contribution is -2.31. The van der Waals surface area contributed by atoms with Gasteiger partial charge >= 0.3 is 0 Å². The Morgan fingerprint density at radius 2 is 2.06 bits per heavy atom. The van der Waals surface area contributed by atoms with Crippen LogP contribution in [0.5, 0.6) is 5.88 Å². The third-order valence-electron chi connectivity index (χ3n) is 4.92. The van der Waals surface area contributed by atoms with Crippen molar-refractivity contribution in [3.05, 3.63) is 41.3 Å². The molecule has 4 aromatic rings. The van der Waals surface area contributed by atoms with Crippen molar-refractivity contribution < 1.29 is 9.53 Å². The predicted octanol–water partition coefficient (Wildman–Crippen LogP) is 3.19. The first-order valence-electron chi connectivity index (χ1n) is 9.63. The Kier molecular flexibility index (Phi) is 5.55. The van der Waals surface area contributed by atoms with Crippen LogP contribution in [-0.2, 0) is 11.8 Å². The molecular formula is C21H23N7O2S. The first-order valence-corrected chi connectivity index (χ1v) is 10.4. The number of aromatic nitrogens is 5. The van der Waals surface area contributed by atoms with Crippen LogP contribution in [0.25, 0.3) is 21.7 Å². The van der Waals surface area contributed by atoms with Crippen molar-refractivity contribution in [1.29, 1.82) is 0 Å². The van der Waals surface area contributed by atoms with Gasteiger partial charge in [0.05, 0.1) is 37.3 Å². The molecule has 0 aliphatic heterocycles. The van der Waals surface area contributed by atoms with E-state index in [-0.39, 0.29) is 12.5 Å². The molecule has 4 aromatic heterocycles. The van der Waals surface area contributed by atoms with Crippen molar-refractivity contribution in [3.8, 4) is 17.4 Å². The second-order valence-corrected chi connectivity index (χ2v) is 8.46. The van der Waals surface area contributed by atoms with E-state index >= 15 is 0 Å². The van der Waals surface area contributed by atoms with Crippen LogP contribution in [0, 0.1) is 13.8 Å². The summed E-state index contributed by atoms with van der Waals surface area (Å²) in [5.74, 6) is 1.56. The smallest absolute Gasteiger partial charge is 0.243 e. The van der Waals surface area contributed by atoms with Crippen molar-refractivity contribution in [2.75, 3.05) is 30.9 Å². The van der Waals surface area contributed by atoms with Gasteiger partial charge in [0, 0.05) is 31.2 Å². The number of amides is 1. The molecule has 1 N–H and O–H groups in total. The summed E-state index contributed by atoms with van der Waals surface area (Å²) < 4.78 is 6.90. The summed E-state index contributed by atoms with van der Waals surface area (Å²) in [6, 6.07) is 3.45. The fourth-order valence-electron chi connectivity index (χ4n) is 3.21. The van der Waals surface area contributed by atoms with Crippen LogP contribution in [0.3, 0.4) is 0 Å². The molecule has 4 heterocycles. The molecule has 0 aromatic carbocycles. The van der Waals surface area contributed by atoms with Crippen LogP contribution in [0.4, 0.5) is 11.5 Å². The molecule has 0 spiro atoms. The number of nitrogens with zero attached hydrogens (tertiary/aromatic N) is 6. The zero-order valence-electron chi connectivity index (χ0n) is 18.0. The molecule has 1 amide bonds. The molecule has 0 aliphatic carbocycles. The summed E-state index contributed by atoms with van der Waals surface area (Å²) in [7, 11) is 5.30. The van der Waals surface area contributed by atoms with Crippen molar-refractivity contribution in [3.63, 3.8) is 0 Å². The third kappa shape index (κ3) is 4.19. The summed E-state index contributed by atoms with van der Waals surface area (Å²) in [5.41, 5.74) is 2.41. The summed E-state index contributed by atoms with van der Waals surface area (Å²) in [4.78, 5) is 34.6. The third-order valence-corrected chi connectivity index (χ3v) is 6.02. The number of carbonyl (C=O) groups is 1. The standard InChI is InChI=1S/C21H23N7O2S/c1-12-13(2)31-21-18(12)20(25-19(26-21)15-9-27(3)11-23-15)28(4)10-16(29)24-14-6-7-17(30-5)22-8-14/h6-9,11H,10H2,1-5H3,(H,24,29). The van der Waals surface area contributed by atoms with Crippen LogP contribution in [0.15, 0.2) is 30.9 Å². The molecule has 31 heavy (non-hydrogen) atoms. The number of fused-ring (bicyclic) bond motifs is 1. The van der Waals surface area contributed by atoms with Gasteiger partial charge in [-0.05, 0) is 25.5 Å². The van der Waals surface area contributed by atoms with Crippen molar-refractivity contribution >= 4 is 39.0 Å². The van der Waals surface area contributed by atoms with E-state index in [1.807, 2.05) is 29.8 Å². The number of ether oxygens (including phenoxy) is 1. The Hall–Kier alpha value is -3.53. The molecule has 0 unspecified atom stereocenters. The normalized spacial score (nSPS) is 11.0. The number of nitrogens with one attached hydrogen (secondary N) is 1. The number of methoxy groups -OCH3 is 1. The molecule has 4 rings (SSSR count).